The van der Waals surface area contributed by atoms with E-state index in [1.165, 1.54) is 12.3 Å². The Hall–Kier alpha value is -2.25. The van der Waals surface area contributed by atoms with Crippen molar-refractivity contribution in [2.45, 2.75) is 45.3 Å². The zero-order valence-electron chi connectivity index (χ0n) is 16.3. The summed E-state index contributed by atoms with van der Waals surface area (Å²) < 4.78 is 11.0. The normalized spacial score (nSPS) is 16.7. The number of rotatable bonds is 4. The minimum Gasteiger partial charge on any atom is -0.463 e. The number of ether oxygens (including phenoxy) is 1. The number of nitrogen functional groups attached to an aromatic ring is 1. The van der Waals surface area contributed by atoms with Gasteiger partial charge in [-0.15, -0.1) is 0 Å². The van der Waals surface area contributed by atoms with Crippen LogP contribution in [0.2, 0.25) is 5.02 Å². The average molecular weight is 408 g/mol. The molecule has 7 nitrogen and oxygen atoms in total. The van der Waals surface area contributed by atoms with E-state index in [1.807, 2.05) is 0 Å². The van der Waals surface area contributed by atoms with Gasteiger partial charge in [0, 0.05) is 5.39 Å². The zero-order chi connectivity index (χ0) is 20.5. The van der Waals surface area contributed by atoms with E-state index in [4.69, 9.17) is 26.5 Å². The molecule has 1 aliphatic rings. The number of halogens is 1. The van der Waals surface area contributed by atoms with Gasteiger partial charge >= 0.3 is 5.97 Å². The van der Waals surface area contributed by atoms with Crippen LogP contribution < -0.4 is 16.4 Å². The Morgan fingerprint density at radius 1 is 1.36 bits per heavy atom. The number of fused-ring (bicyclic) bond motifs is 1. The predicted octanol–water partition coefficient (Wildman–Crippen LogP) is 3.11. The van der Waals surface area contributed by atoms with E-state index in [9.17, 15) is 9.59 Å². The molecule has 1 unspecified atom stereocenters. The van der Waals surface area contributed by atoms with E-state index < -0.39 is 23.5 Å². The molecule has 1 atom stereocenters. The number of hydrogen-bond acceptors (Lipinski definition) is 6. The van der Waals surface area contributed by atoms with Gasteiger partial charge in [-0.1, -0.05) is 11.6 Å². The third-order valence-corrected chi connectivity index (χ3v) is 5.09. The molecule has 2 aromatic rings. The highest BCUT2D eigenvalue weighted by Gasteiger charge is 2.35. The van der Waals surface area contributed by atoms with Crippen LogP contribution in [0.25, 0.3) is 11.0 Å². The predicted molar refractivity (Wildman–Crippen MR) is 108 cm³/mol. The topological polar surface area (TPSA) is 107 Å². The molecular formula is C20H26ClN3O4. The summed E-state index contributed by atoms with van der Waals surface area (Å²) in [5.41, 5.74) is 6.24. The molecule has 0 radical (unpaired) electrons. The molecule has 1 fully saturated rings. The summed E-state index contributed by atoms with van der Waals surface area (Å²) in [6.07, 6.45) is 2.98. The summed E-state index contributed by atoms with van der Waals surface area (Å²) >= 11 is 6.18. The number of furan rings is 1. The van der Waals surface area contributed by atoms with Crippen LogP contribution in [-0.2, 0) is 9.53 Å². The molecule has 3 rings (SSSR count). The summed E-state index contributed by atoms with van der Waals surface area (Å²) in [6.45, 7) is 6.99. The lowest BCUT2D eigenvalue weighted by Crippen LogP contribution is -2.51. The average Bonchev–Trinajstić information content (AvgIpc) is 3.11. The molecule has 2 heterocycles. The number of carbonyl (C=O) groups is 2. The van der Waals surface area contributed by atoms with Crippen LogP contribution in [0, 0.1) is 5.92 Å². The van der Waals surface area contributed by atoms with Crippen molar-refractivity contribution in [1.29, 1.82) is 0 Å². The highest BCUT2D eigenvalue weighted by Crippen LogP contribution is 2.32. The van der Waals surface area contributed by atoms with Gasteiger partial charge in [-0.05, 0) is 64.8 Å². The molecule has 1 saturated heterocycles. The summed E-state index contributed by atoms with van der Waals surface area (Å²) in [6, 6.07) is 2.37. The van der Waals surface area contributed by atoms with E-state index in [2.05, 4.69) is 10.6 Å². The van der Waals surface area contributed by atoms with Crippen LogP contribution in [0.3, 0.4) is 0 Å². The van der Waals surface area contributed by atoms with Gasteiger partial charge in [-0.3, -0.25) is 4.79 Å². The van der Waals surface area contributed by atoms with E-state index in [0.29, 0.717) is 16.7 Å². The van der Waals surface area contributed by atoms with Gasteiger partial charge in [0.2, 0.25) is 0 Å². The van der Waals surface area contributed by atoms with Crippen LogP contribution in [-0.4, -0.2) is 36.6 Å². The molecule has 0 saturated carbocycles. The van der Waals surface area contributed by atoms with Crippen molar-refractivity contribution in [3.8, 4) is 0 Å². The molecule has 8 heteroatoms. The fourth-order valence-corrected chi connectivity index (χ4v) is 3.64. The molecule has 0 bridgehead atoms. The lowest BCUT2D eigenvalue weighted by molar-refractivity contribution is -0.159. The monoisotopic (exact) mass is 407 g/mol. The molecule has 152 valence electrons. The molecule has 0 aliphatic carbocycles. The van der Waals surface area contributed by atoms with Crippen LogP contribution in [0.15, 0.2) is 22.8 Å². The summed E-state index contributed by atoms with van der Waals surface area (Å²) in [5, 5.41) is 6.94. The minimum absolute atomic E-state index is 0.0172. The maximum Gasteiger partial charge on any atom is 0.329 e. The van der Waals surface area contributed by atoms with Crippen molar-refractivity contribution in [3.05, 3.63) is 29.0 Å². The van der Waals surface area contributed by atoms with Gasteiger partial charge < -0.3 is 25.5 Å². The molecule has 1 aliphatic heterocycles. The number of anilines is 1. The second kappa shape index (κ2) is 8.01. The third kappa shape index (κ3) is 4.42. The largest absolute Gasteiger partial charge is 0.463 e. The molecule has 1 amide bonds. The van der Waals surface area contributed by atoms with Crippen LogP contribution in [0.5, 0.6) is 0 Å². The maximum absolute atomic E-state index is 13.0. The number of nitrogens with two attached hydrogens (primary N) is 1. The van der Waals surface area contributed by atoms with E-state index in [1.54, 1.807) is 26.8 Å². The Balaban J connectivity index is 1.90. The van der Waals surface area contributed by atoms with E-state index in [0.717, 1.165) is 25.9 Å². The number of amides is 1. The molecule has 0 spiro atoms. The van der Waals surface area contributed by atoms with Crippen molar-refractivity contribution in [2.75, 3.05) is 18.8 Å². The number of esters is 1. The number of piperidine rings is 1. The highest BCUT2D eigenvalue weighted by atomic mass is 35.5. The second-order valence-electron chi connectivity index (χ2n) is 8.06. The first kappa shape index (κ1) is 20.5. The van der Waals surface area contributed by atoms with Crippen molar-refractivity contribution in [1.82, 2.24) is 10.6 Å². The second-order valence-corrected chi connectivity index (χ2v) is 8.46. The Morgan fingerprint density at radius 2 is 2.04 bits per heavy atom. The first-order valence-corrected chi connectivity index (χ1v) is 9.75. The van der Waals surface area contributed by atoms with Crippen LogP contribution >= 0.6 is 11.6 Å². The Kier molecular flexibility index (Phi) is 5.86. The van der Waals surface area contributed by atoms with Gasteiger partial charge in [0.25, 0.3) is 5.91 Å². The molecule has 1 aromatic heterocycles. The van der Waals surface area contributed by atoms with Crippen molar-refractivity contribution in [3.63, 3.8) is 0 Å². The van der Waals surface area contributed by atoms with Crippen molar-refractivity contribution in [2.24, 2.45) is 5.92 Å². The van der Waals surface area contributed by atoms with Gasteiger partial charge in [0.1, 0.15) is 17.2 Å². The molecule has 4 N–H and O–H groups in total. The van der Waals surface area contributed by atoms with Crippen LogP contribution in [0.4, 0.5) is 5.69 Å². The summed E-state index contributed by atoms with van der Waals surface area (Å²) in [7, 11) is 0. The van der Waals surface area contributed by atoms with Gasteiger partial charge in [-0.2, -0.15) is 0 Å². The lowest BCUT2D eigenvalue weighted by Gasteiger charge is -2.32. The number of carbonyl (C=O) groups excluding carboxylic acids is 2. The van der Waals surface area contributed by atoms with E-state index >= 15 is 0 Å². The minimum atomic E-state index is -0.754. The van der Waals surface area contributed by atoms with Gasteiger partial charge in [0.05, 0.1) is 22.5 Å². The smallest absolute Gasteiger partial charge is 0.329 e. The van der Waals surface area contributed by atoms with Gasteiger partial charge in [-0.25, -0.2) is 4.79 Å². The first-order valence-electron chi connectivity index (χ1n) is 9.37. The van der Waals surface area contributed by atoms with Gasteiger partial charge in [0.15, 0.2) is 0 Å². The standard InChI is InChI=1S/C20H26ClN3O4/c1-20(2,3)28-19(26)16(11-4-7-23-8-5-11)24-18(25)13-10-14(21)15(22)12-6-9-27-17(12)13/h6,9-11,16,23H,4-5,7-8,22H2,1-3H3,(H,24,25). The van der Waals surface area contributed by atoms with E-state index in [-0.39, 0.29) is 16.5 Å². The number of benzene rings is 1. The summed E-state index contributed by atoms with van der Waals surface area (Å²) in [5.74, 6) is -0.905. The lowest BCUT2D eigenvalue weighted by atomic mass is 9.89. The molecular weight excluding hydrogens is 382 g/mol. The first-order chi connectivity index (χ1) is 13.2. The Morgan fingerprint density at radius 3 is 2.68 bits per heavy atom. The number of hydrogen-bond donors (Lipinski definition) is 3. The molecule has 28 heavy (non-hydrogen) atoms. The maximum atomic E-state index is 13.0. The highest BCUT2D eigenvalue weighted by molar-refractivity contribution is 6.35. The van der Waals surface area contributed by atoms with Crippen molar-refractivity contribution < 1.29 is 18.7 Å². The fraction of sp³-hybridized carbons (Fsp3) is 0.500. The quantitative estimate of drug-likeness (QED) is 0.531. The third-order valence-electron chi connectivity index (χ3n) is 4.78. The zero-order valence-corrected chi connectivity index (χ0v) is 17.1. The fourth-order valence-electron chi connectivity index (χ4n) is 3.43. The van der Waals surface area contributed by atoms with Crippen molar-refractivity contribution >= 4 is 40.1 Å². The summed E-state index contributed by atoms with van der Waals surface area (Å²) in [4.78, 5) is 25.9. The SMILES string of the molecule is CC(C)(C)OC(=O)C(NC(=O)c1cc(Cl)c(N)c2ccoc12)C1CCNCC1. The Labute approximate surface area is 168 Å². The number of nitrogens with one attached hydrogen (secondary N) is 2. The Bertz CT molecular complexity index is 881. The molecule has 1 aromatic carbocycles. The van der Waals surface area contributed by atoms with Crippen LogP contribution in [0.1, 0.15) is 44.0 Å².